The van der Waals surface area contributed by atoms with Crippen LogP contribution in [-0.4, -0.2) is 17.2 Å². The van der Waals surface area contributed by atoms with E-state index >= 15 is 0 Å². The molecule has 2 N–H and O–H groups in total. The van der Waals surface area contributed by atoms with E-state index in [4.69, 9.17) is 5.73 Å². The molecule has 0 unspecified atom stereocenters. The molecule has 0 saturated heterocycles. The van der Waals surface area contributed by atoms with Crippen molar-refractivity contribution in [2.24, 2.45) is 5.73 Å². The minimum atomic E-state index is -4.27. The van der Waals surface area contributed by atoms with Crippen LogP contribution in [0.3, 0.4) is 0 Å². The molecule has 0 aliphatic carbocycles. The summed E-state index contributed by atoms with van der Waals surface area (Å²) < 4.78 is 47.8. The quantitative estimate of drug-likeness (QED) is 0.430. The standard InChI is InChI=1S/C6H7F4NS/c1-3(11)2-4(12)6(9,10)5(7)8/h2,5H,11H2,1H3/b3-2-. The highest BCUT2D eigenvalue weighted by Gasteiger charge is 2.44. The number of halogens is 4. The Morgan fingerprint density at radius 3 is 2.17 bits per heavy atom. The van der Waals surface area contributed by atoms with E-state index in [1.54, 1.807) is 0 Å². The van der Waals surface area contributed by atoms with Crippen molar-refractivity contribution in [2.45, 2.75) is 19.3 Å². The van der Waals surface area contributed by atoms with Gasteiger partial charge < -0.3 is 5.73 Å². The van der Waals surface area contributed by atoms with Gasteiger partial charge in [-0.25, -0.2) is 8.78 Å². The molecule has 0 rings (SSSR count). The molecule has 1 nitrogen and oxygen atoms in total. The van der Waals surface area contributed by atoms with Gasteiger partial charge in [0, 0.05) is 5.70 Å². The Labute approximate surface area is 72.2 Å². The molecule has 0 bridgehead atoms. The second-order valence-corrected chi connectivity index (χ2v) is 2.62. The average Bonchev–Trinajstić information content (AvgIpc) is 1.85. The van der Waals surface area contributed by atoms with Crippen LogP contribution in [0.25, 0.3) is 0 Å². The summed E-state index contributed by atoms with van der Waals surface area (Å²) in [6, 6.07) is 0. The third-order valence-corrected chi connectivity index (χ3v) is 1.35. The molecule has 0 aromatic rings. The predicted molar refractivity (Wildman–Crippen MR) is 41.5 cm³/mol. The third kappa shape index (κ3) is 2.77. The van der Waals surface area contributed by atoms with Gasteiger partial charge in [0.2, 0.25) is 0 Å². The minimum absolute atomic E-state index is 0.0275. The maximum absolute atomic E-state index is 12.3. The maximum atomic E-state index is 12.3. The van der Waals surface area contributed by atoms with Crippen LogP contribution in [0.5, 0.6) is 0 Å². The van der Waals surface area contributed by atoms with Crippen molar-refractivity contribution >= 4 is 17.1 Å². The van der Waals surface area contributed by atoms with Crippen LogP contribution in [0.1, 0.15) is 6.92 Å². The molecule has 0 aromatic heterocycles. The molecular weight excluding hydrogens is 194 g/mol. The number of nitrogens with two attached hydrogens (primary N) is 1. The first-order valence-electron chi connectivity index (χ1n) is 2.92. The van der Waals surface area contributed by atoms with Gasteiger partial charge in [0.1, 0.15) is 0 Å². The van der Waals surface area contributed by atoms with E-state index in [0.29, 0.717) is 6.08 Å². The van der Waals surface area contributed by atoms with E-state index in [-0.39, 0.29) is 5.70 Å². The number of hydrogen-bond donors (Lipinski definition) is 1. The lowest BCUT2D eigenvalue weighted by atomic mass is 10.2. The molecule has 0 amide bonds. The van der Waals surface area contributed by atoms with Gasteiger partial charge in [-0.1, -0.05) is 12.2 Å². The van der Waals surface area contributed by atoms with Gasteiger partial charge in [-0.3, -0.25) is 0 Å². The number of thiocarbonyl (C=S) groups is 1. The smallest absolute Gasteiger partial charge is 0.342 e. The lowest BCUT2D eigenvalue weighted by Gasteiger charge is -2.13. The molecule has 0 aliphatic heterocycles. The van der Waals surface area contributed by atoms with Crippen LogP contribution in [0, 0.1) is 0 Å². The number of allylic oxidation sites excluding steroid dienone is 2. The fourth-order valence-electron chi connectivity index (χ4n) is 0.411. The number of alkyl halides is 4. The first-order valence-corrected chi connectivity index (χ1v) is 3.33. The predicted octanol–water partition coefficient (Wildman–Crippen LogP) is 2.12. The largest absolute Gasteiger partial charge is 0.402 e. The van der Waals surface area contributed by atoms with Crippen molar-refractivity contribution < 1.29 is 17.6 Å². The van der Waals surface area contributed by atoms with Crippen molar-refractivity contribution in [1.29, 1.82) is 0 Å². The van der Waals surface area contributed by atoms with E-state index in [1.807, 2.05) is 0 Å². The lowest BCUT2D eigenvalue weighted by molar-refractivity contribution is -0.0725. The third-order valence-electron chi connectivity index (χ3n) is 0.961. The summed E-state index contributed by atoms with van der Waals surface area (Å²) in [5.74, 6) is -4.27. The van der Waals surface area contributed by atoms with E-state index in [0.717, 1.165) is 0 Å². The molecule has 0 aromatic carbocycles. The van der Waals surface area contributed by atoms with Crippen LogP contribution in [-0.2, 0) is 0 Å². The summed E-state index contributed by atoms with van der Waals surface area (Å²) in [6.07, 6.45) is -3.14. The maximum Gasteiger partial charge on any atom is 0.342 e. The van der Waals surface area contributed by atoms with Crippen LogP contribution < -0.4 is 5.73 Å². The second kappa shape index (κ2) is 3.84. The molecule has 0 heterocycles. The summed E-state index contributed by atoms with van der Waals surface area (Å²) >= 11 is 4.06. The Kier molecular flexibility index (Phi) is 3.63. The summed E-state index contributed by atoms with van der Waals surface area (Å²) in [6.45, 7) is 1.29. The van der Waals surface area contributed by atoms with Crippen molar-refractivity contribution in [1.82, 2.24) is 0 Å². The molecular formula is C6H7F4NS. The Morgan fingerprint density at radius 2 is 1.92 bits per heavy atom. The molecule has 70 valence electrons. The Hall–Kier alpha value is -0.650. The lowest BCUT2D eigenvalue weighted by Crippen LogP contribution is -2.34. The van der Waals surface area contributed by atoms with E-state index in [9.17, 15) is 17.6 Å². The zero-order valence-electron chi connectivity index (χ0n) is 6.15. The van der Waals surface area contributed by atoms with Crippen molar-refractivity contribution in [3.8, 4) is 0 Å². The van der Waals surface area contributed by atoms with Crippen molar-refractivity contribution in [2.75, 3.05) is 0 Å². The molecule has 0 atom stereocenters. The van der Waals surface area contributed by atoms with Crippen LogP contribution >= 0.6 is 12.2 Å². The SMILES string of the molecule is C/C(N)=C/C(=S)C(F)(F)C(F)F. The summed E-state index contributed by atoms with van der Waals surface area (Å²) in [4.78, 5) is -1.14. The highest BCUT2D eigenvalue weighted by Crippen LogP contribution is 2.25. The van der Waals surface area contributed by atoms with Gasteiger partial charge in [-0.15, -0.1) is 0 Å². The summed E-state index contributed by atoms with van der Waals surface area (Å²) in [5.41, 5.74) is 4.96. The Morgan fingerprint density at radius 1 is 1.50 bits per heavy atom. The van der Waals surface area contributed by atoms with E-state index in [2.05, 4.69) is 12.2 Å². The van der Waals surface area contributed by atoms with Gasteiger partial charge in [0.15, 0.2) is 0 Å². The van der Waals surface area contributed by atoms with Gasteiger partial charge in [-0.05, 0) is 13.0 Å². The zero-order chi connectivity index (χ0) is 9.94. The molecule has 6 heteroatoms. The fourth-order valence-corrected chi connectivity index (χ4v) is 0.686. The average molecular weight is 201 g/mol. The van der Waals surface area contributed by atoms with Crippen LogP contribution in [0.2, 0.25) is 0 Å². The van der Waals surface area contributed by atoms with Crippen LogP contribution in [0.4, 0.5) is 17.6 Å². The molecule has 0 spiro atoms. The first-order chi connectivity index (χ1) is 5.28. The topological polar surface area (TPSA) is 26.0 Å². The highest BCUT2D eigenvalue weighted by molar-refractivity contribution is 7.81. The number of hydrogen-bond acceptors (Lipinski definition) is 2. The highest BCUT2D eigenvalue weighted by atomic mass is 32.1. The van der Waals surface area contributed by atoms with Crippen LogP contribution in [0.15, 0.2) is 11.8 Å². The van der Waals surface area contributed by atoms with Gasteiger partial charge >= 0.3 is 12.3 Å². The summed E-state index contributed by atoms with van der Waals surface area (Å²) in [5, 5.41) is 0. The van der Waals surface area contributed by atoms with Gasteiger partial charge in [0.25, 0.3) is 0 Å². The first kappa shape index (κ1) is 11.4. The zero-order valence-corrected chi connectivity index (χ0v) is 6.97. The molecule has 0 saturated carbocycles. The van der Waals surface area contributed by atoms with Crippen molar-refractivity contribution in [3.63, 3.8) is 0 Å². The molecule has 12 heavy (non-hydrogen) atoms. The minimum Gasteiger partial charge on any atom is -0.402 e. The normalized spacial score (nSPS) is 13.7. The van der Waals surface area contributed by atoms with Gasteiger partial charge in [-0.2, -0.15) is 8.78 Å². The molecule has 0 radical (unpaired) electrons. The monoisotopic (exact) mass is 201 g/mol. The van der Waals surface area contributed by atoms with E-state index < -0.39 is 17.2 Å². The Balaban J connectivity index is 4.59. The second-order valence-electron chi connectivity index (χ2n) is 2.18. The fraction of sp³-hybridized carbons (Fsp3) is 0.500. The Bertz CT molecular complexity index is 208. The van der Waals surface area contributed by atoms with Gasteiger partial charge in [0.05, 0.1) is 4.86 Å². The van der Waals surface area contributed by atoms with E-state index in [1.165, 1.54) is 6.92 Å². The summed E-state index contributed by atoms with van der Waals surface area (Å²) in [7, 11) is 0. The van der Waals surface area contributed by atoms with Crippen molar-refractivity contribution in [3.05, 3.63) is 11.8 Å². The number of rotatable bonds is 3. The molecule has 0 fully saturated rings. The molecule has 0 aliphatic rings.